The minimum absolute atomic E-state index is 0.163. The second-order valence-electron chi connectivity index (χ2n) is 6.92. The third-order valence-corrected chi connectivity index (χ3v) is 5.44. The van der Waals surface area contributed by atoms with Crippen LogP contribution >= 0.6 is 12.2 Å². The lowest BCUT2D eigenvalue weighted by Crippen LogP contribution is -2.48. The van der Waals surface area contributed by atoms with E-state index in [4.69, 9.17) is 26.4 Å². The summed E-state index contributed by atoms with van der Waals surface area (Å²) in [6, 6.07) is 7.16. The summed E-state index contributed by atoms with van der Waals surface area (Å²) in [6.07, 6.45) is 0. The van der Waals surface area contributed by atoms with E-state index in [2.05, 4.69) is 5.32 Å². The fourth-order valence-corrected chi connectivity index (χ4v) is 3.84. The number of rotatable bonds is 5. The van der Waals surface area contributed by atoms with Crippen LogP contribution in [0.3, 0.4) is 0 Å². The molecule has 1 aliphatic rings. The molecule has 0 aliphatic carbocycles. The van der Waals surface area contributed by atoms with Gasteiger partial charge in [-0.1, -0.05) is 6.07 Å². The fourth-order valence-electron chi connectivity index (χ4n) is 3.48. The second-order valence-corrected chi connectivity index (χ2v) is 7.30. The molecule has 0 amide bonds. The number of carbonyl (C=O) groups is 1. The molecule has 0 aromatic heterocycles. The minimum atomic E-state index is -0.713. The molecule has 7 nitrogen and oxygen atoms in total. The van der Waals surface area contributed by atoms with Gasteiger partial charge in [0, 0.05) is 5.70 Å². The Morgan fingerprint density at radius 2 is 1.74 bits per heavy atom. The summed E-state index contributed by atoms with van der Waals surface area (Å²) < 4.78 is 29.7. The number of phenolic OH excluding ortho intramolecular Hbond substituents is 1. The number of aryl methyl sites for hydroxylation is 1. The molecule has 0 bridgehead atoms. The lowest BCUT2D eigenvalue weighted by atomic mass is 9.94. The smallest absolute Gasteiger partial charge is 0.337 e. The van der Waals surface area contributed by atoms with Crippen LogP contribution in [-0.2, 0) is 9.53 Å². The number of methoxy groups -OCH3 is 3. The standard InChI is InChI=1S/C22H23FN2O5S/c1-11-6-7-14(10-15(11)23)25-12(2)18(21(27)30-5)19(24-22(25)31)13-8-16(28-3)20(26)17(9-13)29-4/h6-10,19,26H,1-5H3,(H,24,31)/t19-/m0/s1. The van der Waals surface area contributed by atoms with Crippen molar-refractivity contribution in [1.82, 2.24) is 5.32 Å². The Labute approximate surface area is 185 Å². The fraction of sp³-hybridized carbons (Fsp3) is 0.273. The average molecular weight is 447 g/mol. The summed E-state index contributed by atoms with van der Waals surface area (Å²) in [7, 11) is 4.10. The number of esters is 1. The molecular weight excluding hydrogens is 423 g/mol. The Morgan fingerprint density at radius 3 is 2.26 bits per heavy atom. The molecule has 1 heterocycles. The van der Waals surface area contributed by atoms with Crippen LogP contribution < -0.4 is 19.7 Å². The van der Waals surface area contributed by atoms with Gasteiger partial charge in [-0.3, -0.25) is 4.90 Å². The Hall–Kier alpha value is -3.33. The largest absolute Gasteiger partial charge is 0.502 e. The predicted octanol–water partition coefficient (Wildman–Crippen LogP) is 3.74. The monoisotopic (exact) mass is 446 g/mol. The molecule has 0 saturated carbocycles. The predicted molar refractivity (Wildman–Crippen MR) is 118 cm³/mol. The highest BCUT2D eigenvalue weighted by molar-refractivity contribution is 7.80. The van der Waals surface area contributed by atoms with Gasteiger partial charge in [0.2, 0.25) is 5.75 Å². The Balaban J connectivity index is 2.19. The number of nitrogens with one attached hydrogen (secondary N) is 1. The summed E-state index contributed by atoms with van der Waals surface area (Å²) in [5.74, 6) is -0.785. The van der Waals surface area contributed by atoms with Crippen LogP contribution in [-0.4, -0.2) is 37.5 Å². The van der Waals surface area contributed by atoms with Gasteiger partial charge in [0.1, 0.15) is 5.82 Å². The number of nitrogens with zero attached hydrogens (tertiary/aromatic N) is 1. The Morgan fingerprint density at radius 1 is 1.13 bits per heavy atom. The van der Waals surface area contributed by atoms with Crippen LogP contribution in [0.5, 0.6) is 17.2 Å². The molecule has 0 spiro atoms. The molecule has 2 aromatic carbocycles. The molecule has 1 atom stereocenters. The SMILES string of the molecule is COC(=O)C1=C(C)N(c2ccc(C)c(F)c2)C(=S)N[C@H]1c1cc(OC)c(O)c(OC)c1. The maximum Gasteiger partial charge on any atom is 0.337 e. The number of halogens is 1. The van der Waals surface area contributed by atoms with E-state index >= 15 is 0 Å². The number of ether oxygens (including phenoxy) is 3. The van der Waals surface area contributed by atoms with Crippen molar-refractivity contribution in [2.24, 2.45) is 0 Å². The number of anilines is 1. The molecular formula is C22H23FN2O5S. The summed E-state index contributed by atoms with van der Waals surface area (Å²) in [5.41, 5.74) is 2.28. The molecule has 1 aliphatic heterocycles. The van der Waals surface area contributed by atoms with E-state index in [9.17, 15) is 14.3 Å². The van der Waals surface area contributed by atoms with E-state index in [0.717, 1.165) is 0 Å². The van der Waals surface area contributed by atoms with Gasteiger partial charge in [0.05, 0.1) is 38.6 Å². The third-order valence-electron chi connectivity index (χ3n) is 5.14. The third kappa shape index (κ3) is 4.00. The van der Waals surface area contributed by atoms with E-state index < -0.39 is 12.0 Å². The number of benzene rings is 2. The number of phenols is 1. The van der Waals surface area contributed by atoms with Gasteiger partial charge in [-0.2, -0.15) is 0 Å². The molecule has 3 rings (SSSR count). The minimum Gasteiger partial charge on any atom is -0.502 e. The number of thiocarbonyl (C=S) groups is 1. The molecule has 31 heavy (non-hydrogen) atoms. The first-order chi connectivity index (χ1) is 14.7. The van der Waals surface area contributed by atoms with Gasteiger partial charge in [0.15, 0.2) is 16.6 Å². The molecule has 0 fully saturated rings. The molecule has 0 radical (unpaired) electrons. The van der Waals surface area contributed by atoms with Crippen molar-refractivity contribution in [3.05, 3.63) is 58.5 Å². The van der Waals surface area contributed by atoms with E-state index in [1.165, 1.54) is 27.4 Å². The summed E-state index contributed by atoms with van der Waals surface area (Å²) in [6.45, 7) is 3.37. The number of aromatic hydroxyl groups is 1. The van der Waals surface area contributed by atoms with Crippen LogP contribution in [0.25, 0.3) is 0 Å². The summed E-state index contributed by atoms with van der Waals surface area (Å²) >= 11 is 5.56. The normalized spacial score (nSPS) is 16.1. The van der Waals surface area contributed by atoms with Crippen LogP contribution in [0.4, 0.5) is 10.1 Å². The van der Waals surface area contributed by atoms with Gasteiger partial charge >= 0.3 is 5.97 Å². The highest BCUT2D eigenvalue weighted by atomic mass is 32.1. The maximum absolute atomic E-state index is 14.2. The topological polar surface area (TPSA) is 80.3 Å². The highest BCUT2D eigenvalue weighted by Crippen LogP contribution is 2.42. The quantitative estimate of drug-likeness (QED) is 0.531. The van der Waals surface area contributed by atoms with Crippen molar-refractivity contribution in [2.45, 2.75) is 19.9 Å². The van der Waals surface area contributed by atoms with Crippen molar-refractivity contribution in [1.29, 1.82) is 0 Å². The van der Waals surface area contributed by atoms with Gasteiger partial charge in [-0.05, 0) is 61.5 Å². The van der Waals surface area contributed by atoms with Crippen LogP contribution in [0.1, 0.15) is 24.1 Å². The second kappa shape index (κ2) is 8.81. The molecule has 164 valence electrons. The van der Waals surface area contributed by atoms with Crippen LogP contribution in [0.15, 0.2) is 41.6 Å². The average Bonchev–Trinajstić information content (AvgIpc) is 2.75. The van der Waals surface area contributed by atoms with E-state index in [1.807, 2.05) is 0 Å². The summed E-state index contributed by atoms with van der Waals surface area (Å²) in [5, 5.41) is 13.6. The van der Waals surface area contributed by atoms with E-state index in [1.54, 1.807) is 43.0 Å². The highest BCUT2D eigenvalue weighted by Gasteiger charge is 2.36. The zero-order valence-electron chi connectivity index (χ0n) is 17.8. The van der Waals surface area contributed by atoms with Gasteiger partial charge in [-0.15, -0.1) is 0 Å². The summed E-state index contributed by atoms with van der Waals surface area (Å²) in [4.78, 5) is 14.3. The molecule has 2 aromatic rings. The Bertz CT molecular complexity index is 1060. The first kappa shape index (κ1) is 22.4. The molecule has 0 unspecified atom stereocenters. The molecule has 9 heteroatoms. The number of carbonyl (C=O) groups excluding carboxylic acids is 1. The lowest BCUT2D eigenvalue weighted by molar-refractivity contribution is -0.136. The van der Waals surface area contributed by atoms with E-state index in [0.29, 0.717) is 22.5 Å². The zero-order valence-corrected chi connectivity index (χ0v) is 18.6. The lowest BCUT2D eigenvalue weighted by Gasteiger charge is -2.37. The first-order valence-corrected chi connectivity index (χ1v) is 9.75. The first-order valence-electron chi connectivity index (χ1n) is 9.34. The van der Waals surface area contributed by atoms with Crippen LogP contribution in [0, 0.1) is 12.7 Å². The number of allylic oxidation sites excluding steroid dienone is 1. The van der Waals surface area contributed by atoms with Crippen molar-refractivity contribution < 1.29 is 28.5 Å². The maximum atomic E-state index is 14.2. The number of hydrogen-bond donors (Lipinski definition) is 2. The van der Waals surface area contributed by atoms with Crippen molar-refractivity contribution in [2.75, 3.05) is 26.2 Å². The number of hydrogen-bond acceptors (Lipinski definition) is 6. The Kier molecular flexibility index (Phi) is 6.35. The molecule has 0 saturated heterocycles. The van der Waals surface area contributed by atoms with Crippen LogP contribution in [0.2, 0.25) is 0 Å². The molecule has 2 N–H and O–H groups in total. The zero-order chi connectivity index (χ0) is 22.9. The van der Waals surface area contributed by atoms with Crippen molar-refractivity contribution >= 4 is 29.0 Å². The van der Waals surface area contributed by atoms with Gasteiger partial charge in [0.25, 0.3) is 0 Å². The van der Waals surface area contributed by atoms with Crippen molar-refractivity contribution in [3.8, 4) is 17.2 Å². The van der Waals surface area contributed by atoms with Crippen molar-refractivity contribution in [3.63, 3.8) is 0 Å². The van der Waals surface area contributed by atoms with Gasteiger partial charge < -0.3 is 24.6 Å². The van der Waals surface area contributed by atoms with E-state index in [-0.39, 0.29) is 33.8 Å². The van der Waals surface area contributed by atoms with Gasteiger partial charge in [-0.25, -0.2) is 9.18 Å².